The molecule has 0 unspecified atom stereocenters. The molecule has 0 saturated heterocycles. The van der Waals surface area contributed by atoms with Gasteiger partial charge in [-0.1, -0.05) is 48.0 Å². The number of carbonyl (C=O) groups is 2. The van der Waals surface area contributed by atoms with Gasteiger partial charge in [0, 0.05) is 11.3 Å². The molecule has 0 bridgehead atoms. The molecule has 2 N–H and O–H groups in total. The lowest BCUT2D eigenvalue weighted by Crippen LogP contribution is -2.36. The first-order chi connectivity index (χ1) is 12.6. The SMILES string of the molecule is Cc1ccc(-c2nc3n(n2)[C@H](C(=O)Nc2ccccc2)CC(=O)N3)cc1. The van der Waals surface area contributed by atoms with Gasteiger partial charge in [-0.2, -0.15) is 4.98 Å². The molecule has 4 rings (SSSR count). The van der Waals surface area contributed by atoms with Crippen molar-refractivity contribution >= 4 is 23.5 Å². The number of aryl methyl sites for hydroxylation is 1. The fraction of sp³-hybridized carbons (Fsp3) is 0.158. The summed E-state index contributed by atoms with van der Waals surface area (Å²) in [7, 11) is 0. The first-order valence-corrected chi connectivity index (χ1v) is 8.29. The van der Waals surface area contributed by atoms with Gasteiger partial charge in [-0.05, 0) is 19.1 Å². The minimum Gasteiger partial charge on any atom is -0.324 e. The van der Waals surface area contributed by atoms with Crippen molar-refractivity contribution in [1.82, 2.24) is 14.8 Å². The molecule has 7 nitrogen and oxygen atoms in total. The molecule has 0 aliphatic carbocycles. The maximum atomic E-state index is 12.7. The Bertz CT molecular complexity index is 963. The van der Waals surface area contributed by atoms with Crippen molar-refractivity contribution < 1.29 is 9.59 Å². The molecule has 1 atom stereocenters. The number of para-hydroxylation sites is 1. The highest BCUT2D eigenvalue weighted by Gasteiger charge is 2.33. The number of nitrogens with one attached hydrogen (secondary N) is 2. The van der Waals surface area contributed by atoms with E-state index >= 15 is 0 Å². The van der Waals surface area contributed by atoms with Gasteiger partial charge in [0.25, 0.3) is 0 Å². The molecule has 130 valence electrons. The molecule has 3 aromatic rings. The number of carbonyl (C=O) groups excluding carboxylic acids is 2. The second-order valence-electron chi connectivity index (χ2n) is 6.19. The van der Waals surface area contributed by atoms with Crippen LogP contribution >= 0.6 is 0 Å². The highest BCUT2D eigenvalue weighted by atomic mass is 16.2. The molecule has 7 heteroatoms. The molecule has 0 saturated carbocycles. The van der Waals surface area contributed by atoms with Gasteiger partial charge < -0.3 is 5.32 Å². The lowest BCUT2D eigenvalue weighted by molar-refractivity contribution is -0.125. The molecule has 1 aliphatic heterocycles. The van der Waals surface area contributed by atoms with Gasteiger partial charge in [0.2, 0.25) is 17.8 Å². The van der Waals surface area contributed by atoms with Crippen LogP contribution in [0.15, 0.2) is 54.6 Å². The molecule has 2 heterocycles. The zero-order chi connectivity index (χ0) is 18.1. The second kappa shape index (κ2) is 6.44. The summed E-state index contributed by atoms with van der Waals surface area (Å²) < 4.78 is 1.48. The van der Waals surface area contributed by atoms with Crippen LogP contribution in [-0.4, -0.2) is 26.6 Å². The minimum absolute atomic E-state index is 0.0162. The van der Waals surface area contributed by atoms with Gasteiger partial charge in [0.15, 0.2) is 5.82 Å². The third-order valence-corrected chi connectivity index (χ3v) is 4.21. The van der Waals surface area contributed by atoms with Crippen LogP contribution in [0.25, 0.3) is 11.4 Å². The summed E-state index contributed by atoms with van der Waals surface area (Å²) in [5.41, 5.74) is 2.63. The van der Waals surface area contributed by atoms with Crippen LogP contribution < -0.4 is 10.6 Å². The maximum absolute atomic E-state index is 12.7. The number of hydrogen-bond donors (Lipinski definition) is 2. The van der Waals surface area contributed by atoms with E-state index in [0.29, 0.717) is 11.5 Å². The predicted molar refractivity (Wildman–Crippen MR) is 97.6 cm³/mol. The number of rotatable bonds is 3. The molecule has 0 fully saturated rings. The molecular formula is C19H17N5O2. The second-order valence-corrected chi connectivity index (χ2v) is 6.19. The van der Waals surface area contributed by atoms with Gasteiger partial charge in [-0.25, -0.2) is 4.68 Å². The quantitative estimate of drug-likeness (QED) is 0.762. The first kappa shape index (κ1) is 16.0. The maximum Gasteiger partial charge on any atom is 0.249 e. The average molecular weight is 347 g/mol. The van der Waals surface area contributed by atoms with Crippen LogP contribution in [0.2, 0.25) is 0 Å². The third-order valence-electron chi connectivity index (χ3n) is 4.21. The van der Waals surface area contributed by atoms with E-state index < -0.39 is 6.04 Å². The van der Waals surface area contributed by atoms with E-state index in [-0.39, 0.29) is 24.2 Å². The topological polar surface area (TPSA) is 88.9 Å². The lowest BCUT2D eigenvalue weighted by atomic mass is 10.1. The number of amides is 2. The van der Waals surface area contributed by atoms with Gasteiger partial charge in [0.1, 0.15) is 6.04 Å². The standard InChI is InChI=1S/C19H17N5O2/c1-12-7-9-13(10-8-12)17-22-19-21-16(25)11-15(24(19)23-17)18(26)20-14-5-3-2-4-6-14/h2-10,15H,11H2,1H3,(H,20,26)(H,21,22,23,25)/t15-/m0/s1. The van der Waals surface area contributed by atoms with Crippen LogP contribution in [0.3, 0.4) is 0 Å². The van der Waals surface area contributed by atoms with Crippen molar-refractivity contribution in [1.29, 1.82) is 0 Å². The number of benzene rings is 2. The van der Waals surface area contributed by atoms with E-state index in [1.807, 2.05) is 49.4 Å². The summed E-state index contributed by atoms with van der Waals surface area (Å²) in [4.78, 5) is 29.1. The Morgan fingerprint density at radius 3 is 2.62 bits per heavy atom. The number of anilines is 2. The van der Waals surface area contributed by atoms with Gasteiger partial charge >= 0.3 is 0 Å². The van der Waals surface area contributed by atoms with Crippen molar-refractivity contribution in [2.75, 3.05) is 10.6 Å². The van der Waals surface area contributed by atoms with Crippen LogP contribution in [0.1, 0.15) is 18.0 Å². The van der Waals surface area contributed by atoms with Crippen molar-refractivity contribution in [2.24, 2.45) is 0 Å². The van der Waals surface area contributed by atoms with Crippen molar-refractivity contribution in [3.8, 4) is 11.4 Å². The van der Waals surface area contributed by atoms with E-state index in [4.69, 9.17) is 0 Å². The van der Waals surface area contributed by atoms with Crippen molar-refractivity contribution in [3.05, 3.63) is 60.2 Å². The fourth-order valence-electron chi connectivity index (χ4n) is 2.84. The number of fused-ring (bicyclic) bond motifs is 1. The molecule has 2 aromatic carbocycles. The summed E-state index contributed by atoms with van der Waals surface area (Å²) in [6.07, 6.45) is 0.0162. The monoisotopic (exact) mass is 347 g/mol. The predicted octanol–water partition coefficient (Wildman–Crippen LogP) is 2.78. The zero-order valence-corrected chi connectivity index (χ0v) is 14.1. The summed E-state index contributed by atoms with van der Waals surface area (Å²) >= 11 is 0. The summed E-state index contributed by atoms with van der Waals surface area (Å²) in [6.45, 7) is 2.00. The molecule has 26 heavy (non-hydrogen) atoms. The van der Waals surface area contributed by atoms with E-state index in [1.165, 1.54) is 4.68 Å². The smallest absolute Gasteiger partial charge is 0.249 e. The highest BCUT2D eigenvalue weighted by molar-refractivity contribution is 6.00. The van der Waals surface area contributed by atoms with Gasteiger partial charge in [-0.15, -0.1) is 5.10 Å². The van der Waals surface area contributed by atoms with Crippen molar-refractivity contribution in [2.45, 2.75) is 19.4 Å². The van der Waals surface area contributed by atoms with Crippen LogP contribution in [0.5, 0.6) is 0 Å². The summed E-state index contributed by atoms with van der Waals surface area (Å²) in [5, 5.41) is 9.96. The molecule has 1 aromatic heterocycles. The van der Waals surface area contributed by atoms with Crippen LogP contribution in [0, 0.1) is 6.92 Å². The Kier molecular flexibility index (Phi) is 3.96. The summed E-state index contributed by atoms with van der Waals surface area (Å²) in [5.74, 6) is 0.200. The highest BCUT2D eigenvalue weighted by Crippen LogP contribution is 2.27. The fourth-order valence-corrected chi connectivity index (χ4v) is 2.84. The minimum atomic E-state index is -0.745. The Morgan fingerprint density at radius 1 is 1.15 bits per heavy atom. The largest absolute Gasteiger partial charge is 0.324 e. The molecule has 0 spiro atoms. The molecule has 1 aliphatic rings. The molecule has 2 amide bonds. The Balaban J connectivity index is 1.65. The van der Waals surface area contributed by atoms with E-state index in [1.54, 1.807) is 12.1 Å². The normalized spacial score (nSPS) is 15.9. The molecular weight excluding hydrogens is 330 g/mol. The Hall–Kier alpha value is -3.48. The zero-order valence-electron chi connectivity index (χ0n) is 14.1. The molecule has 0 radical (unpaired) electrons. The van der Waals surface area contributed by atoms with E-state index in [2.05, 4.69) is 20.7 Å². The lowest BCUT2D eigenvalue weighted by Gasteiger charge is -2.22. The van der Waals surface area contributed by atoms with Gasteiger partial charge in [-0.3, -0.25) is 14.9 Å². The Morgan fingerprint density at radius 2 is 1.88 bits per heavy atom. The average Bonchev–Trinajstić information content (AvgIpc) is 3.06. The number of nitrogens with zero attached hydrogens (tertiary/aromatic N) is 3. The van der Waals surface area contributed by atoms with Crippen molar-refractivity contribution in [3.63, 3.8) is 0 Å². The van der Waals surface area contributed by atoms with E-state index in [0.717, 1.165) is 11.1 Å². The number of hydrogen-bond acceptors (Lipinski definition) is 4. The summed E-state index contributed by atoms with van der Waals surface area (Å²) in [6, 6.07) is 16.1. The third kappa shape index (κ3) is 3.06. The number of aromatic nitrogens is 3. The van der Waals surface area contributed by atoms with Gasteiger partial charge in [0.05, 0.1) is 6.42 Å². The first-order valence-electron chi connectivity index (χ1n) is 8.29. The van der Waals surface area contributed by atoms with Crippen LogP contribution in [-0.2, 0) is 9.59 Å². The Labute approximate surface area is 150 Å². The van der Waals surface area contributed by atoms with E-state index in [9.17, 15) is 9.59 Å². The van der Waals surface area contributed by atoms with Crippen LogP contribution in [0.4, 0.5) is 11.6 Å².